The summed E-state index contributed by atoms with van der Waals surface area (Å²) in [5, 5.41) is 10.5. The van der Waals surface area contributed by atoms with Gasteiger partial charge >= 0.3 is 0 Å². The third-order valence-corrected chi connectivity index (χ3v) is 5.07. The topological polar surface area (TPSA) is 57.8 Å². The second-order valence-electron chi connectivity index (χ2n) is 6.50. The van der Waals surface area contributed by atoms with Crippen molar-refractivity contribution < 1.29 is 4.79 Å². The van der Waals surface area contributed by atoms with Crippen LogP contribution in [-0.2, 0) is 11.2 Å². The summed E-state index contributed by atoms with van der Waals surface area (Å²) in [6.07, 6.45) is 6.39. The van der Waals surface area contributed by atoms with Crippen LogP contribution >= 0.6 is 0 Å². The molecule has 2 heterocycles. The molecule has 4 heteroatoms. The van der Waals surface area contributed by atoms with Crippen molar-refractivity contribution in [3.05, 3.63) is 47.2 Å². The Morgan fingerprint density at radius 3 is 2.73 bits per heavy atom. The van der Waals surface area contributed by atoms with Crippen molar-refractivity contribution in [1.29, 1.82) is 0 Å². The summed E-state index contributed by atoms with van der Waals surface area (Å²) in [6.45, 7) is 0. The minimum atomic E-state index is 0.0946. The lowest BCUT2D eigenvalue weighted by atomic mass is 9.77. The highest BCUT2D eigenvalue weighted by atomic mass is 16.1. The Balaban J connectivity index is 1.57. The fraction of sp³-hybridized carbons (Fsp3) is 0.444. The van der Waals surface area contributed by atoms with E-state index in [1.165, 1.54) is 36.1 Å². The number of aryl methyl sites for hydroxylation is 1. The monoisotopic (exact) mass is 295 g/mol. The molecule has 1 aliphatic heterocycles. The molecule has 1 amide bonds. The molecule has 114 valence electrons. The van der Waals surface area contributed by atoms with Crippen molar-refractivity contribution in [2.45, 2.75) is 50.4 Å². The molecular formula is C18H21N3O. The summed E-state index contributed by atoms with van der Waals surface area (Å²) in [6, 6.07) is 10.5. The number of rotatable bonds is 4. The summed E-state index contributed by atoms with van der Waals surface area (Å²) in [4.78, 5) is 11.9. The molecule has 2 N–H and O–H groups in total. The lowest BCUT2D eigenvalue weighted by Crippen LogP contribution is -2.24. The van der Waals surface area contributed by atoms with Gasteiger partial charge in [-0.3, -0.25) is 9.89 Å². The van der Waals surface area contributed by atoms with E-state index in [0.717, 1.165) is 18.7 Å². The number of anilines is 1. The van der Waals surface area contributed by atoms with Crippen LogP contribution < -0.4 is 5.32 Å². The number of carbonyl (C=O) groups excluding carboxylic acids is 1. The maximum Gasteiger partial charge on any atom is 0.226 e. The quantitative estimate of drug-likeness (QED) is 0.902. The van der Waals surface area contributed by atoms with E-state index in [4.69, 9.17) is 0 Å². The zero-order chi connectivity index (χ0) is 14.9. The van der Waals surface area contributed by atoms with Crippen LogP contribution in [0.2, 0.25) is 0 Å². The van der Waals surface area contributed by atoms with E-state index < -0.39 is 0 Å². The maximum atomic E-state index is 11.9. The van der Waals surface area contributed by atoms with Crippen molar-refractivity contribution in [1.82, 2.24) is 10.2 Å². The van der Waals surface area contributed by atoms with E-state index in [1.54, 1.807) is 0 Å². The largest absolute Gasteiger partial charge is 0.309 e. The first kappa shape index (κ1) is 13.6. The Hall–Kier alpha value is -2.10. The smallest absolute Gasteiger partial charge is 0.226 e. The highest BCUT2D eigenvalue weighted by molar-refractivity contribution is 5.93. The normalized spacial score (nSPS) is 21.1. The summed E-state index contributed by atoms with van der Waals surface area (Å²) < 4.78 is 0. The molecule has 1 aliphatic carbocycles. The van der Waals surface area contributed by atoms with Crippen LogP contribution in [0.1, 0.15) is 60.8 Å². The molecule has 4 nitrogen and oxygen atoms in total. The Bertz CT molecular complexity index is 673. The van der Waals surface area contributed by atoms with E-state index in [-0.39, 0.29) is 5.91 Å². The van der Waals surface area contributed by atoms with Gasteiger partial charge in [0.05, 0.1) is 0 Å². The number of carbonyl (C=O) groups is 1. The molecule has 2 aliphatic rings. The maximum absolute atomic E-state index is 11.9. The average molecular weight is 295 g/mol. The van der Waals surface area contributed by atoms with Crippen LogP contribution in [0.3, 0.4) is 0 Å². The van der Waals surface area contributed by atoms with Crippen LogP contribution in [0.4, 0.5) is 5.82 Å². The molecule has 2 aromatic rings. The number of hydrogen-bond acceptors (Lipinski definition) is 2. The van der Waals surface area contributed by atoms with Gasteiger partial charge in [-0.25, -0.2) is 0 Å². The van der Waals surface area contributed by atoms with Crippen LogP contribution in [0.25, 0.3) is 0 Å². The first-order valence-electron chi connectivity index (χ1n) is 8.23. The molecular weight excluding hydrogens is 274 g/mol. The third kappa shape index (κ3) is 2.43. The van der Waals surface area contributed by atoms with Crippen molar-refractivity contribution >= 4 is 11.7 Å². The number of aromatic nitrogens is 2. The lowest BCUT2D eigenvalue weighted by Gasteiger charge is -2.29. The van der Waals surface area contributed by atoms with Gasteiger partial charge in [0.1, 0.15) is 0 Å². The lowest BCUT2D eigenvalue weighted by molar-refractivity contribution is -0.116. The molecule has 0 spiro atoms. The molecule has 0 unspecified atom stereocenters. The zero-order valence-electron chi connectivity index (χ0n) is 12.6. The van der Waals surface area contributed by atoms with Crippen molar-refractivity contribution in [3.8, 4) is 0 Å². The number of nitrogens with zero attached hydrogens (tertiary/aromatic N) is 1. The fourth-order valence-corrected chi connectivity index (χ4v) is 3.62. The Kier molecular flexibility index (Phi) is 3.45. The predicted octanol–water partition coefficient (Wildman–Crippen LogP) is 3.74. The predicted molar refractivity (Wildman–Crippen MR) is 85.9 cm³/mol. The molecule has 0 radical (unpaired) electrons. The number of aromatic amines is 1. The Morgan fingerprint density at radius 2 is 2.00 bits per heavy atom. The van der Waals surface area contributed by atoms with Gasteiger partial charge in [-0.05, 0) is 37.2 Å². The number of benzene rings is 1. The number of nitrogens with one attached hydrogen (secondary N) is 2. The van der Waals surface area contributed by atoms with Crippen LogP contribution in [0, 0.1) is 0 Å². The summed E-state index contributed by atoms with van der Waals surface area (Å²) in [5.74, 6) is 1.78. The van der Waals surface area contributed by atoms with E-state index in [2.05, 4.69) is 39.8 Å². The highest BCUT2D eigenvalue weighted by Gasteiger charge is 2.34. The minimum Gasteiger partial charge on any atom is -0.309 e. The van der Waals surface area contributed by atoms with Gasteiger partial charge in [-0.1, -0.05) is 36.8 Å². The molecule has 1 aromatic carbocycles. The van der Waals surface area contributed by atoms with Gasteiger partial charge in [-0.15, -0.1) is 0 Å². The summed E-state index contributed by atoms with van der Waals surface area (Å²) >= 11 is 0. The van der Waals surface area contributed by atoms with Gasteiger partial charge in [0.25, 0.3) is 0 Å². The summed E-state index contributed by atoms with van der Waals surface area (Å²) in [7, 11) is 0. The van der Waals surface area contributed by atoms with Crippen molar-refractivity contribution in [2.75, 3.05) is 5.32 Å². The first-order chi connectivity index (χ1) is 10.8. The molecule has 22 heavy (non-hydrogen) atoms. The van der Waals surface area contributed by atoms with Gasteiger partial charge < -0.3 is 5.32 Å². The number of hydrogen-bond donors (Lipinski definition) is 2. The van der Waals surface area contributed by atoms with Crippen molar-refractivity contribution in [2.24, 2.45) is 0 Å². The Labute approximate surface area is 130 Å². The fourth-order valence-electron chi connectivity index (χ4n) is 3.62. The molecule has 1 saturated carbocycles. The molecule has 0 bridgehead atoms. The van der Waals surface area contributed by atoms with E-state index in [9.17, 15) is 4.79 Å². The van der Waals surface area contributed by atoms with Gasteiger partial charge in [0.2, 0.25) is 5.91 Å². The number of amides is 1. The van der Waals surface area contributed by atoms with Crippen LogP contribution in [-0.4, -0.2) is 16.1 Å². The standard InChI is InChI=1S/C18H21N3O/c22-15-11-14(10-9-12-5-2-1-3-6-12)16-17(13-7-4-8-13)20-21-18(16)19-15/h1-3,5-6,13-14H,4,7-11H2,(H2,19,20,21,22)/t14-/m1/s1. The summed E-state index contributed by atoms with van der Waals surface area (Å²) in [5.41, 5.74) is 3.89. The second-order valence-corrected chi connectivity index (χ2v) is 6.50. The highest BCUT2D eigenvalue weighted by Crippen LogP contribution is 2.44. The zero-order valence-corrected chi connectivity index (χ0v) is 12.6. The van der Waals surface area contributed by atoms with E-state index >= 15 is 0 Å². The van der Waals surface area contributed by atoms with E-state index in [1.807, 2.05) is 6.07 Å². The number of H-pyrrole nitrogens is 1. The molecule has 1 fully saturated rings. The van der Waals surface area contributed by atoms with Gasteiger partial charge in [0, 0.05) is 23.6 Å². The molecule has 1 atom stereocenters. The third-order valence-electron chi connectivity index (χ3n) is 5.07. The van der Waals surface area contributed by atoms with Crippen LogP contribution in [0.15, 0.2) is 30.3 Å². The van der Waals surface area contributed by atoms with Crippen molar-refractivity contribution in [3.63, 3.8) is 0 Å². The van der Waals surface area contributed by atoms with Gasteiger partial charge in [0.15, 0.2) is 5.82 Å². The van der Waals surface area contributed by atoms with E-state index in [0.29, 0.717) is 18.3 Å². The molecule has 4 rings (SSSR count). The second kappa shape index (κ2) is 5.59. The Morgan fingerprint density at radius 1 is 1.18 bits per heavy atom. The van der Waals surface area contributed by atoms with Gasteiger partial charge in [-0.2, -0.15) is 5.10 Å². The minimum absolute atomic E-state index is 0.0946. The van der Waals surface area contributed by atoms with Crippen LogP contribution in [0.5, 0.6) is 0 Å². The average Bonchev–Trinajstić information content (AvgIpc) is 2.88. The SMILES string of the molecule is O=C1C[C@@H](CCc2ccccc2)c2c(n[nH]c2C2CCC2)N1. The number of fused-ring (bicyclic) bond motifs is 1. The molecule has 1 aromatic heterocycles. The first-order valence-corrected chi connectivity index (χ1v) is 8.23. The molecule has 0 saturated heterocycles.